The topological polar surface area (TPSA) is 111 Å². The van der Waals surface area contributed by atoms with Gasteiger partial charge in [-0.2, -0.15) is 4.98 Å². The highest BCUT2D eigenvalue weighted by Crippen LogP contribution is 2.22. The van der Waals surface area contributed by atoms with Gasteiger partial charge in [0.05, 0.1) is 6.54 Å². The summed E-state index contributed by atoms with van der Waals surface area (Å²) < 4.78 is 4.47. The summed E-state index contributed by atoms with van der Waals surface area (Å²) in [7, 11) is 3.12. The summed E-state index contributed by atoms with van der Waals surface area (Å²) >= 11 is 0. The van der Waals surface area contributed by atoms with Crippen LogP contribution in [-0.2, 0) is 31.9 Å². The van der Waals surface area contributed by atoms with Gasteiger partial charge < -0.3 is 15.2 Å². The molecule has 0 saturated carbocycles. The zero-order valence-corrected chi connectivity index (χ0v) is 17.8. The van der Waals surface area contributed by atoms with E-state index in [2.05, 4.69) is 17.0 Å². The molecule has 1 saturated heterocycles. The Hall–Kier alpha value is -3.40. The maximum Gasteiger partial charge on any atom is 0.332 e. The molecule has 1 aliphatic rings. The van der Waals surface area contributed by atoms with Crippen LogP contribution < -0.4 is 21.9 Å². The van der Waals surface area contributed by atoms with E-state index in [1.54, 1.807) is 7.05 Å². The largest absolute Gasteiger partial charge is 0.369 e. The van der Waals surface area contributed by atoms with Gasteiger partial charge in [-0.05, 0) is 12.0 Å². The van der Waals surface area contributed by atoms with Crippen LogP contribution in [0.15, 0.2) is 39.9 Å². The molecule has 3 aromatic rings. The lowest BCUT2D eigenvalue weighted by Crippen LogP contribution is -2.49. The Morgan fingerprint density at radius 1 is 1.03 bits per heavy atom. The Morgan fingerprint density at radius 2 is 1.71 bits per heavy atom. The molecule has 0 spiro atoms. The number of aryl methyl sites for hydroxylation is 3. The van der Waals surface area contributed by atoms with E-state index in [0.717, 1.165) is 16.6 Å². The van der Waals surface area contributed by atoms with Gasteiger partial charge >= 0.3 is 5.69 Å². The first-order chi connectivity index (χ1) is 14.9. The number of piperazine rings is 1. The van der Waals surface area contributed by atoms with Crippen LogP contribution in [-0.4, -0.2) is 62.2 Å². The molecule has 0 bridgehead atoms. The maximum atomic E-state index is 13.0. The number of carbonyl (C=O) groups is 1. The van der Waals surface area contributed by atoms with Gasteiger partial charge in [0, 0.05) is 46.8 Å². The van der Waals surface area contributed by atoms with Gasteiger partial charge in [-0.1, -0.05) is 30.3 Å². The van der Waals surface area contributed by atoms with Gasteiger partial charge in [0.2, 0.25) is 11.9 Å². The fraction of sp³-hybridized carbons (Fsp3) is 0.429. The van der Waals surface area contributed by atoms with Crippen molar-refractivity contribution in [3.05, 3.63) is 56.7 Å². The SMILES string of the molecule is Cn1c(=O)c2c(nc(N3CCN(CC(N)=O)CC3)n2CCc2ccccc2)n(C)c1=O. The van der Waals surface area contributed by atoms with Gasteiger partial charge in [-0.3, -0.25) is 23.6 Å². The Morgan fingerprint density at radius 3 is 2.35 bits per heavy atom. The first-order valence-electron chi connectivity index (χ1n) is 10.3. The van der Waals surface area contributed by atoms with Crippen molar-refractivity contribution in [2.75, 3.05) is 37.6 Å². The number of carbonyl (C=O) groups excluding carboxylic acids is 1. The Bertz CT molecular complexity index is 1220. The van der Waals surface area contributed by atoms with Gasteiger partial charge in [0.1, 0.15) is 0 Å². The summed E-state index contributed by atoms with van der Waals surface area (Å²) in [6.07, 6.45) is 0.729. The van der Waals surface area contributed by atoms with Crippen LogP contribution in [0.3, 0.4) is 0 Å². The summed E-state index contributed by atoms with van der Waals surface area (Å²) in [5.74, 6) is 0.324. The predicted molar refractivity (Wildman–Crippen MR) is 118 cm³/mol. The smallest absolute Gasteiger partial charge is 0.332 e. The minimum atomic E-state index is -0.400. The molecule has 0 atom stereocenters. The zero-order chi connectivity index (χ0) is 22.1. The number of fused-ring (bicyclic) bond motifs is 1. The van der Waals surface area contributed by atoms with Crippen LogP contribution in [0.5, 0.6) is 0 Å². The highest BCUT2D eigenvalue weighted by Gasteiger charge is 2.25. The molecule has 10 nitrogen and oxygen atoms in total. The third-order valence-corrected chi connectivity index (χ3v) is 5.83. The predicted octanol–water partition coefficient (Wildman–Crippen LogP) is -0.716. The number of hydrogen-bond donors (Lipinski definition) is 1. The quantitative estimate of drug-likeness (QED) is 0.558. The van der Waals surface area contributed by atoms with Gasteiger partial charge in [0.25, 0.3) is 5.56 Å². The van der Waals surface area contributed by atoms with Crippen LogP contribution in [0.1, 0.15) is 5.56 Å². The first kappa shape index (κ1) is 20.9. The Labute approximate surface area is 179 Å². The van der Waals surface area contributed by atoms with E-state index in [4.69, 9.17) is 10.7 Å². The van der Waals surface area contributed by atoms with E-state index in [1.165, 1.54) is 11.6 Å². The number of nitrogens with zero attached hydrogens (tertiary/aromatic N) is 6. The molecule has 2 aromatic heterocycles. The summed E-state index contributed by atoms with van der Waals surface area (Å²) in [6, 6.07) is 10.1. The number of anilines is 1. The van der Waals surface area contributed by atoms with Crippen molar-refractivity contribution in [3.8, 4) is 0 Å². The Kier molecular flexibility index (Phi) is 5.64. The second kappa shape index (κ2) is 8.38. The van der Waals surface area contributed by atoms with Crippen LogP contribution in [0, 0.1) is 0 Å². The highest BCUT2D eigenvalue weighted by molar-refractivity contribution is 5.76. The third kappa shape index (κ3) is 3.98. The van der Waals surface area contributed by atoms with Gasteiger partial charge in [0.15, 0.2) is 11.2 Å². The van der Waals surface area contributed by atoms with E-state index in [0.29, 0.717) is 49.8 Å². The minimum absolute atomic E-state index is 0.229. The summed E-state index contributed by atoms with van der Waals surface area (Å²) in [5, 5.41) is 0. The van der Waals surface area contributed by atoms with E-state index in [1.807, 2.05) is 27.7 Å². The summed E-state index contributed by atoms with van der Waals surface area (Å²) in [4.78, 5) is 45.5. The van der Waals surface area contributed by atoms with Crippen LogP contribution >= 0.6 is 0 Å². The van der Waals surface area contributed by atoms with Gasteiger partial charge in [-0.25, -0.2) is 4.79 Å². The van der Waals surface area contributed by atoms with E-state index in [9.17, 15) is 14.4 Å². The molecule has 1 aromatic carbocycles. The molecule has 3 heterocycles. The van der Waals surface area contributed by atoms with E-state index in [-0.39, 0.29) is 18.0 Å². The van der Waals surface area contributed by atoms with Crippen molar-refractivity contribution < 1.29 is 4.79 Å². The molecule has 1 aliphatic heterocycles. The standard InChI is InChI=1S/C21H27N7O3/c1-24-18-17(19(30)25(2)21(24)31)28(9-8-15-6-4-3-5-7-15)20(23-18)27-12-10-26(11-13-27)14-16(22)29/h3-7H,8-14H2,1-2H3,(H2,22,29). The van der Waals surface area contributed by atoms with Gasteiger partial charge in [-0.15, -0.1) is 0 Å². The molecule has 10 heteroatoms. The Balaban J connectivity index is 1.74. The number of imidazole rings is 1. The summed E-state index contributed by atoms with van der Waals surface area (Å²) in [6.45, 7) is 3.42. The molecule has 0 radical (unpaired) electrons. The number of rotatable bonds is 6. The molecule has 1 amide bonds. The molecule has 1 fully saturated rings. The average molecular weight is 425 g/mol. The number of aromatic nitrogens is 4. The maximum absolute atomic E-state index is 13.0. The lowest BCUT2D eigenvalue weighted by molar-refractivity contribution is -0.119. The molecule has 31 heavy (non-hydrogen) atoms. The highest BCUT2D eigenvalue weighted by atomic mass is 16.2. The molecular formula is C21H27N7O3. The average Bonchev–Trinajstić information content (AvgIpc) is 3.15. The molecule has 0 aliphatic carbocycles. The van der Waals surface area contributed by atoms with Crippen molar-refractivity contribution in [1.82, 2.24) is 23.6 Å². The van der Waals surface area contributed by atoms with E-state index < -0.39 is 5.69 Å². The molecule has 164 valence electrons. The third-order valence-electron chi connectivity index (χ3n) is 5.83. The van der Waals surface area contributed by atoms with Crippen molar-refractivity contribution in [1.29, 1.82) is 0 Å². The molecule has 2 N–H and O–H groups in total. The molecule has 4 rings (SSSR count). The van der Waals surface area contributed by atoms with Crippen molar-refractivity contribution in [3.63, 3.8) is 0 Å². The summed E-state index contributed by atoms with van der Waals surface area (Å²) in [5.41, 5.74) is 6.54. The second-order valence-electron chi connectivity index (χ2n) is 7.91. The molecular weight excluding hydrogens is 398 g/mol. The van der Waals surface area contributed by atoms with Crippen LogP contribution in [0.2, 0.25) is 0 Å². The first-order valence-corrected chi connectivity index (χ1v) is 10.3. The van der Waals surface area contributed by atoms with E-state index >= 15 is 0 Å². The van der Waals surface area contributed by atoms with Crippen LogP contribution in [0.25, 0.3) is 11.2 Å². The minimum Gasteiger partial charge on any atom is -0.369 e. The van der Waals surface area contributed by atoms with Crippen molar-refractivity contribution >= 4 is 23.0 Å². The van der Waals surface area contributed by atoms with Crippen molar-refractivity contribution in [2.45, 2.75) is 13.0 Å². The lowest BCUT2D eigenvalue weighted by atomic mass is 10.1. The van der Waals surface area contributed by atoms with Crippen LogP contribution in [0.4, 0.5) is 5.95 Å². The second-order valence-corrected chi connectivity index (χ2v) is 7.91. The number of benzene rings is 1. The monoisotopic (exact) mass is 425 g/mol. The fourth-order valence-electron chi connectivity index (χ4n) is 4.10. The zero-order valence-electron chi connectivity index (χ0n) is 17.8. The molecule has 0 unspecified atom stereocenters. The normalized spacial score (nSPS) is 15.0. The number of hydrogen-bond acceptors (Lipinski definition) is 6. The number of amides is 1. The lowest BCUT2D eigenvalue weighted by Gasteiger charge is -2.34. The van der Waals surface area contributed by atoms with Crippen molar-refractivity contribution in [2.24, 2.45) is 19.8 Å². The number of primary amides is 1. The fourth-order valence-corrected chi connectivity index (χ4v) is 4.10. The number of nitrogens with two attached hydrogens (primary N) is 1.